The Kier molecular flexibility index (Phi) is 6.55. The molecule has 2 atom stereocenters. The maximum absolute atomic E-state index is 6.60. The van der Waals surface area contributed by atoms with E-state index < -0.39 is 0 Å². The number of hydrogen-bond acceptors (Lipinski definition) is 2. The van der Waals surface area contributed by atoms with Crippen molar-refractivity contribution in [3.05, 3.63) is 0 Å². The van der Waals surface area contributed by atoms with Crippen molar-refractivity contribution >= 4 is 0 Å². The Morgan fingerprint density at radius 3 is 2.52 bits per heavy atom. The van der Waals surface area contributed by atoms with E-state index in [2.05, 4.69) is 26.1 Å². The molecule has 2 aliphatic rings. The highest BCUT2D eigenvalue weighted by Gasteiger charge is 2.44. The minimum atomic E-state index is 0.299. The van der Waals surface area contributed by atoms with E-state index in [4.69, 9.17) is 4.74 Å². The first-order valence-corrected chi connectivity index (χ1v) is 9.56. The molecule has 2 heteroatoms. The Morgan fingerprint density at radius 1 is 1.14 bits per heavy atom. The second-order valence-electron chi connectivity index (χ2n) is 7.61. The summed E-state index contributed by atoms with van der Waals surface area (Å²) in [6.07, 6.45) is 15.2. The maximum Gasteiger partial charge on any atom is 0.0687 e. The van der Waals surface area contributed by atoms with Crippen molar-refractivity contribution in [1.82, 2.24) is 5.32 Å². The summed E-state index contributed by atoms with van der Waals surface area (Å²) in [5, 5.41) is 3.63. The zero-order valence-electron chi connectivity index (χ0n) is 14.7. The van der Waals surface area contributed by atoms with Gasteiger partial charge in [0.15, 0.2) is 0 Å². The van der Waals surface area contributed by atoms with Crippen LogP contribution in [-0.4, -0.2) is 24.8 Å². The normalized spacial score (nSPS) is 27.3. The lowest BCUT2D eigenvalue weighted by Gasteiger charge is -2.36. The molecule has 1 saturated heterocycles. The highest BCUT2D eigenvalue weighted by molar-refractivity contribution is 4.95. The predicted octanol–water partition coefficient (Wildman–Crippen LogP) is 5.06. The van der Waals surface area contributed by atoms with Crippen LogP contribution in [0, 0.1) is 5.41 Å². The second-order valence-corrected chi connectivity index (χ2v) is 7.61. The van der Waals surface area contributed by atoms with Crippen molar-refractivity contribution in [2.45, 2.75) is 103 Å². The van der Waals surface area contributed by atoms with Gasteiger partial charge in [0.2, 0.25) is 0 Å². The lowest BCUT2D eigenvalue weighted by molar-refractivity contribution is -0.0551. The fourth-order valence-corrected chi connectivity index (χ4v) is 4.56. The molecule has 0 radical (unpaired) electrons. The maximum atomic E-state index is 6.60. The van der Waals surface area contributed by atoms with Crippen molar-refractivity contribution in [2.75, 3.05) is 13.1 Å². The molecular formula is C19H37NO. The van der Waals surface area contributed by atoms with Crippen LogP contribution >= 0.6 is 0 Å². The van der Waals surface area contributed by atoms with Gasteiger partial charge in [-0.15, -0.1) is 0 Å². The minimum absolute atomic E-state index is 0.299. The van der Waals surface area contributed by atoms with Crippen LogP contribution in [0.1, 0.15) is 91.4 Å². The molecule has 2 rings (SSSR count). The average molecular weight is 296 g/mol. The van der Waals surface area contributed by atoms with E-state index in [1.165, 1.54) is 77.2 Å². The highest BCUT2D eigenvalue weighted by Crippen LogP contribution is 2.46. The Balaban J connectivity index is 1.93. The molecule has 2 fully saturated rings. The van der Waals surface area contributed by atoms with Gasteiger partial charge in [0.05, 0.1) is 11.7 Å². The summed E-state index contributed by atoms with van der Waals surface area (Å²) >= 11 is 0. The molecule has 1 spiro atoms. The van der Waals surface area contributed by atoms with E-state index in [0.717, 1.165) is 6.54 Å². The van der Waals surface area contributed by atoms with Crippen LogP contribution in [0.5, 0.6) is 0 Å². The third-order valence-electron chi connectivity index (χ3n) is 6.07. The van der Waals surface area contributed by atoms with E-state index in [-0.39, 0.29) is 0 Å². The van der Waals surface area contributed by atoms with Gasteiger partial charge in [-0.2, -0.15) is 0 Å². The lowest BCUT2D eigenvalue weighted by Crippen LogP contribution is -2.37. The predicted molar refractivity (Wildman–Crippen MR) is 90.7 cm³/mol. The van der Waals surface area contributed by atoms with E-state index in [1.54, 1.807) is 0 Å². The van der Waals surface area contributed by atoms with Gasteiger partial charge < -0.3 is 10.1 Å². The number of hydrogen-bond donors (Lipinski definition) is 1. The molecule has 1 heterocycles. The molecule has 1 N–H and O–H groups in total. The molecule has 0 bridgehead atoms. The van der Waals surface area contributed by atoms with Crippen LogP contribution in [0.25, 0.3) is 0 Å². The Labute approximate surface area is 132 Å². The molecule has 1 saturated carbocycles. The summed E-state index contributed by atoms with van der Waals surface area (Å²) in [6.45, 7) is 9.18. The molecule has 0 aromatic rings. The van der Waals surface area contributed by atoms with Crippen molar-refractivity contribution < 1.29 is 4.74 Å². The first kappa shape index (κ1) is 17.3. The summed E-state index contributed by atoms with van der Waals surface area (Å²) in [4.78, 5) is 0. The molecule has 0 aromatic carbocycles. The lowest BCUT2D eigenvalue weighted by atomic mass is 9.75. The molecule has 1 aliphatic carbocycles. The largest absolute Gasteiger partial charge is 0.372 e. The first-order valence-electron chi connectivity index (χ1n) is 9.56. The third kappa shape index (κ3) is 4.45. The number of ether oxygens (including phenoxy) is 1. The number of unbranched alkanes of at least 4 members (excludes halogenated alkanes) is 1. The van der Waals surface area contributed by atoms with Crippen molar-refractivity contribution in [2.24, 2.45) is 5.41 Å². The number of nitrogens with one attached hydrogen (secondary N) is 1. The van der Waals surface area contributed by atoms with Crippen molar-refractivity contribution in [3.8, 4) is 0 Å². The van der Waals surface area contributed by atoms with Crippen LogP contribution in [0.4, 0.5) is 0 Å². The zero-order valence-corrected chi connectivity index (χ0v) is 14.7. The molecule has 0 aromatic heterocycles. The SMILES string of the molecule is CCCCC(CC)(CNCC)CC1CCC2(CCCC2)O1. The molecule has 2 nitrogen and oxygen atoms in total. The summed E-state index contributed by atoms with van der Waals surface area (Å²) in [5.41, 5.74) is 0.758. The van der Waals surface area contributed by atoms with Gasteiger partial charge in [-0.25, -0.2) is 0 Å². The Morgan fingerprint density at radius 2 is 1.90 bits per heavy atom. The quantitative estimate of drug-likeness (QED) is 0.641. The molecule has 21 heavy (non-hydrogen) atoms. The summed E-state index contributed by atoms with van der Waals surface area (Å²) < 4.78 is 6.60. The molecule has 2 unspecified atom stereocenters. The fraction of sp³-hybridized carbons (Fsp3) is 1.00. The second kappa shape index (κ2) is 7.97. The molecule has 1 aliphatic heterocycles. The standard InChI is InChI=1S/C19H37NO/c1-4-7-11-18(5-2,16-20-6-3)15-17-10-14-19(21-17)12-8-9-13-19/h17,20H,4-16H2,1-3H3. The Bertz CT molecular complexity index is 288. The van der Waals surface area contributed by atoms with Crippen LogP contribution in [0.2, 0.25) is 0 Å². The monoisotopic (exact) mass is 295 g/mol. The van der Waals surface area contributed by atoms with Gasteiger partial charge in [-0.05, 0) is 56.9 Å². The molecule has 0 amide bonds. The Hall–Kier alpha value is -0.0800. The van der Waals surface area contributed by atoms with Gasteiger partial charge in [0, 0.05) is 6.54 Å². The van der Waals surface area contributed by atoms with Gasteiger partial charge in [0.25, 0.3) is 0 Å². The number of rotatable bonds is 9. The van der Waals surface area contributed by atoms with Crippen molar-refractivity contribution in [3.63, 3.8) is 0 Å². The summed E-state index contributed by atoms with van der Waals surface area (Å²) in [5.74, 6) is 0. The highest BCUT2D eigenvalue weighted by atomic mass is 16.5. The topological polar surface area (TPSA) is 21.3 Å². The summed E-state index contributed by atoms with van der Waals surface area (Å²) in [7, 11) is 0. The summed E-state index contributed by atoms with van der Waals surface area (Å²) in [6, 6.07) is 0. The van der Waals surface area contributed by atoms with Gasteiger partial charge >= 0.3 is 0 Å². The van der Waals surface area contributed by atoms with E-state index in [9.17, 15) is 0 Å². The third-order valence-corrected chi connectivity index (χ3v) is 6.07. The van der Waals surface area contributed by atoms with E-state index in [1.807, 2.05) is 0 Å². The zero-order chi connectivity index (χ0) is 15.2. The molecule has 124 valence electrons. The van der Waals surface area contributed by atoms with Crippen molar-refractivity contribution in [1.29, 1.82) is 0 Å². The van der Waals surface area contributed by atoms with Crippen LogP contribution in [0.15, 0.2) is 0 Å². The fourth-order valence-electron chi connectivity index (χ4n) is 4.56. The van der Waals surface area contributed by atoms with Gasteiger partial charge in [0.1, 0.15) is 0 Å². The van der Waals surface area contributed by atoms with Crippen LogP contribution in [-0.2, 0) is 4.74 Å². The molecular weight excluding hydrogens is 258 g/mol. The minimum Gasteiger partial charge on any atom is -0.372 e. The van der Waals surface area contributed by atoms with Gasteiger partial charge in [-0.1, -0.05) is 46.5 Å². The van der Waals surface area contributed by atoms with E-state index >= 15 is 0 Å². The van der Waals surface area contributed by atoms with E-state index in [0.29, 0.717) is 17.1 Å². The average Bonchev–Trinajstić information content (AvgIpc) is 3.12. The smallest absolute Gasteiger partial charge is 0.0687 e. The first-order chi connectivity index (χ1) is 10.2. The van der Waals surface area contributed by atoms with Gasteiger partial charge in [-0.3, -0.25) is 0 Å². The van der Waals surface area contributed by atoms with Crippen LogP contribution in [0.3, 0.4) is 0 Å². The van der Waals surface area contributed by atoms with Crippen LogP contribution < -0.4 is 5.32 Å².